The van der Waals surface area contributed by atoms with Gasteiger partial charge in [0.2, 0.25) is 0 Å². The Morgan fingerprint density at radius 1 is 1.33 bits per heavy atom. The third kappa shape index (κ3) is 3.59. The number of hydrogen-bond acceptors (Lipinski definition) is 3. The van der Waals surface area contributed by atoms with Crippen molar-refractivity contribution in [1.82, 2.24) is 0 Å². The van der Waals surface area contributed by atoms with Gasteiger partial charge in [-0.05, 0) is 34.1 Å². The second kappa shape index (κ2) is 6.39. The number of carbonyl (C=O) groups excluding carboxylic acids is 1. The molecule has 0 bridgehead atoms. The Bertz CT molecular complexity index is 528. The minimum Gasteiger partial charge on any atom is -0.298 e. The van der Waals surface area contributed by atoms with Crippen molar-refractivity contribution >= 4 is 39.0 Å². The maximum absolute atomic E-state index is 11.9. The first-order valence-corrected chi connectivity index (χ1v) is 8.25. The molecule has 0 saturated carbocycles. The summed E-state index contributed by atoms with van der Waals surface area (Å²) in [5.41, 5.74) is 1.19. The normalized spacial score (nSPS) is 11.3. The van der Waals surface area contributed by atoms with Gasteiger partial charge in [-0.1, -0.05) is 32.0 Å². The number of rotatable bonds is 6. The van der Waals surface area contributed by atoms with Gasteiger partial charge in [0.25, 0.3) is 0 Å². The number of ketones is 1. The van der Waals surface area contributed by atoms with Crippen LogP contribution in [0.2, 0.25) is 0 Å². The zero-order valence-corrected chi connectivity index (χ0v) is 12.4. The highest BCUT2D eigenvalue weighted by molar-refractivity contribution is 7.99. The van der Waals surface area contributed by atoms with Crippen LogP contribution in [0.25, 0.3) is 10.1 Å². The summed E-state index contributed by atoms with van der Waals surface area (Å²) < 4.78 is 1.27. The van der Waals surface area contributed by atoms with Gasteiger partial charge in [0.05, 0.1) is 5.75 Å². The van der Waals surface area contributed by atoms with Gasteiger partial charge in [0.15, 0.2) is 0 Å². The minimum absolute atomic E-state index is 0.337. The molecule has 0 spiro atoms. The van der Waals surface area contributed by atoms with Gasteiger partial charge < -0.3 is 0 Å². The van der Waals surface area contributed by atoms with Gasteiger partial charge in [0.1, 0.15) is 5.78 Å². The summed E-state index contributed by atoms with van der Waals surface area (Å²) in [5.74, 6) is 2.70. The number of thioether (sulfide) groups is 1. The Balaban J connectivity index is 1.95. The summed E-state index contributed by atoms with van der Waals surface area (Å²) in [6, 6.07) is 8.30. The lowest BCUT2D eigenvalue weighted by atomic mass is 10.1. The monoisotopic (exact) mass is 278 g/mol. The fourth-order valence-corrected chi connectivity index (χ4v) is 3.72. The van der Waals surface area contributed by atoms with Crippen molar-refractivity contribution in [3.05, 3.63) is 35.2 Å². The third-order valence-electron chi connectivity index (χ3n) is 2.66. The predicted octanol–water partition coefficient (Wildman–Crippen LogP) is 4.40. The zero-order chi connectivity index (χ0) is 13.0. The van der Waals surface area contributed by atoms with Gasteiger partial charge in [-0.3, -0.25) is 4.79 Å². The Morgan fingerprint density at radius 2 is 2.11 bits per heavy atom. The predicted molar refractivity (Wildman–Crippen MR) is 82.7 cm³/mol. The topological polar surface area (TPSA) is 17.1 Å². The van der Waals surface area contributed by atoms with Crippen molar-refractivity contribution in [3.63, 3.8) is 0 Å². The maximum atomic E-state index is 11.9. The molecule has 1 nitrogen and oxygen atoms in total. The van der Waals surface area contributed by atoms with Gasteiger partial charge in [-0.25, -0.2) is 0 Å². The summed E-state index contributed by atoms with van der Waals surface area (Å²) in [6.07, 6.45) is 0.578. The van der Waals surface area contributed by atoms with Gasteiger partial charge in [-0.2, -0.15) is 11.8 Å². The molecule has 0 saturated heterocycles. The first-order chi connectivity index (χ1) is 8.66. The van der Waals surface area contributed by atoms with E-state index in [1.54, 1.807) is 23.1 Å². The van der Waals surface area contributed by atoms with E-state index in [0.29, 0.717) is 23.9 Å². The van der Waals surface area contributed by atoms with Crippen LogP contribution in [0.3, 0.4) is 0 Å². The van der Waals surface area contributed by atoms with Crippen molar-refractivity contribution in [3.8, 4) is 0 Å². The third-order valence-corrected chi connectivity index (χ3v) is 5.10. The lowest BCUT2D eigenvalue weighted by Crippen LogP contribution is -2.06. The summed E-state index contributed by atoms with van der Waals surface area (Å²) in [7, 11) is 0. The molecule has 0 aliphatic carbocycles. The lowest BCUT2D eigenvalue weighted by molar-refractivity contribution is -0.115. The van der Waals surface area contributed by atoms with Crippen LogP contribution in [0.5, 0.6) is 0 Å². The Labute approximate surface area is 117 Å². The summed E-state index contributed by atoms with van der Waals surface area (Å²) in [5, 5.41) is 3.36. The highest BCUT2D eigenvalue weighted by Gasteiger charge is 2.09. The average Bonchev–Trinajstić information content (AvgIpc) is 2.72. The van der Waals surface area contributed by atoms with E-state index < -0.39 is 0 Å². The van der Waals surface area contributed by atoms with Crippen LogP contribution in [-0.4, -0.2) is 17.3 Å². The molecule has 2 rings (SSSR count). The lowest BCUT2D eigenvalue weighted by Gasteiger charge is -2.03. The molecule has 18 heavy (non-hydrogen) atoms. The number of hydrogen-bond donors (Lipinski definition) is 0. The van der Waals surface area contributed by atoms with Crippen LogP contribution < -0.4 is 0 Å². The van der Waals surface area contributed by atoms with Crippen molar-refractivity contribution in [2.45, 2.75) is 20.3 Å². The molecule has 0 aliphatic rings. The number of thiophene rings is 1. The Morgan fingerprint density at radius 3 is 2.89 bits per heavy atom. The van der Waals surface area contributed by atoms with E-state index in [0.717, 1.165) is 5.75 Å². The second-order valence-corrected chi connectivity index (χ2v) is 6.82. The molecule has 1 aromatic carbocycles. The molecule has 0 amide bonds. The largest absolute Gasteiger partial charge is 0.298 e. The molecule has 3 heteroatoms. The Kier molecular flexibility index (Phi) is 4.84. The molecular weight excluding hydrogens is 260 g/mol. The summed E-state index contributed by atoms with van der Waals surface area (Å²) >= 11 is 3.48. The van der Waals surface area contributed by atoms with E-state index in [9.17, 15) is 4.79 Å². The number of carbonyl (C=O) groups is 1. The Hall–Kier alpha value is -0.800. The highest BCUT2D eigenvalue weighted by atomic mass is 32.2. The van der Waals surface area contributed by atoms with Crippen LogP contribution in [0.4, 0.5) is 0 Å². The van der Waals surface area contributed by atoms with Gasteiger partial charge in [0, 0.05) is 11.1 Å². The molecule has 0 aliphatic heterocycles. The van der Waals surface area contributed by atoms with E-state index in [-0.39, 0.29) is 0 Å². The van der Waals surface area contributed by atoms with Crippen molar-refractivity contribution in [2.24, 2.45) is 5.92 Å². The van der Waals surface area contributed by atoms with Crippen molar-refractivity contribution < 1.29 is 4.79 Å². The number of Topliss-reactive ketones (excluding diaryl/α,β-unsaturated/α-hetero) is 1. The zero-order valence-electron chi connectivity index (χ0n) is 10.8. The van der Waals surface area contributed by atoms with Crippen LogP contribution in [0.1, 0.15) is 19.4 Å². The highest BCUT2D eigenvalue weighted by Crippen LogP contribution is 2.26. The standard InChI is InChI=1S/C15H18OS2/c1-11(2)8-17-10-13(16)7-12-9-18-15-6-4-3-5-14(12)15/h3-6,9,11H,7-8,10H2,1-2H3. The molecule has 0 atom stereocenters. The molecule has 0 unspecified atom stereocenters. The van der Waals surface area contributed by atoms with Crippen molar-refractivity contribution in [1.29, 1.82) is 0 Å². The second-order valence-electron chi connectivity index (χ2n) is 4.88. The maximum Gasteiger partial charge on any atom is 0.147 e. The van der Waals surface area contributed by atoms with Crippen LogP contribution in [0, 0.1) is 5.92 Å². The molecule has 0 radical (unpaired) electrons. The molecule has 0 N–H and O–H groups in total. The van der Waals surface area contributed by atoms with E-state index in [1.165, 1.54) is 15.6 Å². The molecule has 96 valence electrons. The van der Waals surface area contributed by atoms with Gasteiger partial charge in [-0.15, -0.1) is 11.3 Å². The number of benzene rings is 1. The van der Waals surface area contributed by atoms with E-state index in [1.807, 2.05) is 12.1 Å². The first-order valence-electron chi connectivity index (χ1n) is 6.21. The summed E-state index contributed by atoms with van der Waals surface area (Å²) in [4.78, 5) is 11.9. The smallest absolute Gasteiger partial charge is 0.147 e. The number of fused-ring (bicyclic) bond motifs is 1. The van der Waals surface area contributed by atoms with Crippen molar-refractivity contribution in [2.75, 3.05) is 11.5 Å². The SMILES string of the molecule is CC(C)CSCC(=O)Cc1csc2ccccc12. The molecular formula is C15H18OS2. The molecule has 1 heterocycles. The quantitative estimate of drug-likeness (QED) is 0.779. The van der Waals surface area contributed by atoms with Crippen LogP contribution in [-0.2, 0) is 11.2 Å². The van der Waals surface area contributed by atoms with Gasteiger partial charge >= 0.3 is 0 Å². The summed E-state index contributed by atoms with van der Waals surface area (Å²) in [6.45, 7) is 4.37. The average molecular weight is 278 g/mol. The molecule has 0 fully saturated rings. The molecule has 1 aromatic heterocycles. The molecule has 2 aromatic rings. The van der Waals surface area contributed by atoms with E-state index in [2.05, 4.69) is 31.4 Å². The minimum atomic E-state index is 0.337. The van der Waals surface area contributed by atoms with E-state index >= 15 is 0 Å². The first kappa shape index (κ1) is 13.6. The fraction of sp³-hybridized carbons (Fsp3) is 0.400. The van der Waals surface area contributed by atoms with E-state index in [4.69, 9.17) is 0 Å². The van der Waals surface area contributed by atoms with Crippen LogP contribution >= 0.6 is 23.1 Å². The fourth-order valence-electron chi connectivity index (χ4n) is 1.84. The van der Waals surface area contributed by atoms with Crippen LogP contribution in [0.15, 0.2) is 29.6 Å².